The first kappa shape index (κ1) is 17.2. The standard InChI is InChI=1S/C21H28N2O/c24-17-21(19-9-5-2-6-10-19)22-20-12-15-23(16-13-20)14-11-18-7-3-1-4-8-18/h1-10,20-22,24H,11-17H2. The Morgan fingerprint density at radius 2 is 1.58 bits per heavy atom. The van der Waals surface area contributed by atoms with E-state index >= 15 is 0 Å². The van der Waals surface area contributed by atoms with Crippen LogP contribution in [-0.4, -0.2) is 42.3 Å². The average molecular weight is 324 g/mol. The minimum Gasteiger partial charge on any atom is -0.394 e. The van der Waals surface area contributed by atoms with Crippen LogP contribution >= 0.6 is 0 Å². The molecule has 3 heteroatoms. The fraction of sp³-hybridized carbons (Fsp3) is 0.429. The van der Waals surface area contributed by atoms with Gasteiger partial charge in [0.05, 0.1) is 12.6 Å². The van der Waals surface area contributed by atoms with Gasteiger partial charge in [0.25, 0.3) is 0 Å². The molecule has 0 aliphatic carbocycles. The molecule has 0 bridgehead atoms. The van der Waals surface area contributed by atoms with E-state index in [-0.39, 0.29) is 12.6 Å². The van der Waals surface area contributed by atoms with E-state index in [9.17, 15) is 5.11 Å². The lowest BCUT2D eigenvalue weighted by Gasteiger charge is -2.34. The summed E-state index contributed by atoms with van der Waals surface area (Å²) in [5, 5.41) is 13.3. The number of nitrogens with zero attached hydrogens (tertiary/aromatic N) is 1. The van der Waals surface area contributed by atoms with Crippen LogP contribution in [0.3, 0.4) is 0 Å². The number of benzene rings is 2. The molecule has 1 aliphatic heterocycles. The van der Waals surface area contributed by atoms with Gasteiger partial charge in [-0.05, 0) is 43.5 Å². The first-order valence-electron chi connectivity index (χ1n) is 9.03. The molecule has 0 saturated carbocycles. The van der Waals surface area contributed by atoms with Crippen LogP contribution in [0.2, 0.25) is 0 Å². The van der Waals surface area contributed by atoms with E-state index in [1.807, 2.05) is 18.2 Å². The van der Waals surface area contributed by atoms with Gasteiger partial charge in [0.1, 0.15) is 0 Å². The highest BCUT2D eigenvalue weighted by Gasteiger charge is 2.21. The SMILES string of the molecule is OCC(NC1CCN(CCc2ccccc2)CC1)c1ccccc1. The van der Waals surface area contributed by atoms with Crippen molar-refractivity contribution in [1.82, 2.24) is 10.2 Å². The second kappa shape index (κ2) is 8.97. The van der Waals surface area contributed by atoms with Gasteiger partial charge in [-0.3, -0.25) is 0 Å². The second-order valence-electron chi connectivity index (χ2n) is 6.66. The molecule has 24 heavy (non-hydrogen) atoms. The molecule has 0 spiro atoms. The highest BCUT2D eigenvalue weighted by molar-refractivity contribution is 5.19. The minimum absolute atomic E-state index is 0.0482. The summed E-state index contributed by atoms with van der Waals surface area (Å²) in [6, 6.07) is 21.5. The van der Waals surface area contributed by atoms with Gasteiger partial charge in [-0.1, -0.05) is 60.7 Å². The van der Waals surface area contributed by atoms with E-state index in [1.165, 1.54) is 11.1 Å². The first-order valence-corrected chi connectivity index (χ1v) is 9.03. The number of aliphatic hydroxyl groups is 1. The number of rotatable bonds is 7. The monoisotopic (exact) mass is 324 g/mol. The molecule has 2 N–H and O–H groups in total. The molecule has 1 heterocycles. The number of hydrogen-bond donors (Lipinski definition) is 2. The smallest absolute Gasteiger partial charge is 0.0626 e. The Kier molecular flexibility index (Phi) is 6.41. The first-order chi connectivity index (χ1) is 11.8. The molecule has 1 atom stereocenters. The number of likely N-dealkylation sites (tertiary alicyclic amines) is 1. The fourth-order valence-electron chi connectivity index (χ4n) is 3.48. The van der Waals surface area contributed by atoms with Crippen molar-refractivity contribution in [1.29, 1.82) is 0 Å². The molecule has 1 saturated heterocycles. The molecule has 2 aromatic rings. The molecule has 1 aliphatic rings. The van der Waals surface area contributed by atoms with Gasteiger partial charge < -0.3 is 15.3 Å². The maximum Gasteiger partial charge on any atom is 0.0626 e. The summed E-state index contributed by atoms with van der Waals surface area (Å²) in [4.78, 5) is 2.56. The molecule has 3 rings (SSSR count). The van der Waals surface area contributed by atoms with Crippen molar-refractivity contribution < 1.29 is 5.11 Å². The van der Waals surface area contributed by atoms with Gasteiger partial charge in [-0.15, -0.1) is 0 Å². The number of nitrogens with one attached hydrogen (secondary N) is 1. The lowest BCUT2D eigenvalue weighted by molar-refractivity contribution is 0.173. The van der Waals surface area contributed by atoms with E-state index in [4.69, 9.17) is 0 Å². The summed E-state index contributed by atoms with van der Waals surface area (Å²) >= 11 is 0. The van der Waals surface area contributed by atoms with Crippen molar-refractivity contribution in [3.05, 3.63) is 71.8 Å². The normalized spacial score (nSPS) is 17.7. The van der Waals surface area contributed by atoms with Crippen molar-refractivity contribution >= 4 is 0 Å². The predicted octanol–water partition coefficient (Wildman–Crippen LogP) is 3.02. The molecule has 0 aromatic heterocycles. The lowest BCUT2D eigenvalue weighted by Crippen LogP contribution is -2.44. The van der Waals surface area contributed by atoms with Gasteiger partial charge in [-0.2, -0.15) is 0 Å². The summed E-state index contributed by atoms with van der Waals surface area (Å²) in [5.41, 5.74) is 2.59. The molecule has 128 valence electrons. The van der Waals surface area contributed by atoms with Crippen LogP contribution in [0.25, 0.3) is 0 Å². The topological polar surface area (TPSA) is 35.5 Å². The summed E-state index contributed by atoms with van der Waals surface area (Å²) in [6.45, 7) is 3.56. The van der Waals surface area contributed by atoms with Crippen molar-refractivity contribution in [3.8, 4) is 0 Å². The van der Waals surface area contributed by atoms with E-state index < -0.39 is 0 Å². The Labute approximate surface area is 145 Å². The zero-order valence-corrected chi connectivity index (χ0v) is 14.3. The maximum absolute atomic E-state index is 9.70. The van der Waals surface area contributed by atoms with Crippen LogP contribution in [0.5, 0.6) is 0 Å². The fourth-order valence-corrected chi connectivity index (χ4v) is 3.48. The van der Waals surface area contributed by atoms with Crippen LogP contribution in [0.1, 0.15) is 30.0 Å². The number of piperidine rings is 1. The number of aliphatic hydroxyl groups excluding tert-OH is 1. The van der Waals surface area contributed by atoms with Crippen molar-refractivity contribution in [3.63, 3.8) is 0 Å². The molecular weight excluding hydrogens is 296 g/mol. The zero-order valence-electron chi connectivity index (χ0n) is 14.3. The third-order valence-electron chi connectivity index (χ3n) is 4.97. The van der Waals surface area contributed by atoms with E-state index in [2.05, 4.69) is 52.7 Å². The van der Waals surface area contributed by atoms with Crippen molar-refractivity contribution in [2.45, 2.75) is 31.3 Å². The van der Waals surface area contributed by atoms with Crippen LogP contribution in [0.15, 0.2) is 60.7 Å². The zero-order chi connectivity index (χ0) is 16.6. The van der Waals surface area contributed by atoms with Gasteiger partial charge in [0.2, 0.25) is 0 Å². The Morgan fingerprint density at radius 1 is 0.958 bits per heavy atom. The Hall–Kier alpha value is -1.68. The molecular formula is C21H28N2O. The van der Waals surface area contributed by atoms with Gasteiger partial charge >= 0.3 is 0 Å². The maximum atomic E-state index is 9.70. The van der Waals surface area contributed by atoms with Gasteiger partial charge in [0, 0.05) is 12.6 Å². The number of hydrogen-bond acceptors (Lipinski definition) is 3. The molecule has 0 radical (unpaired) electrons. The summed E-state index contributed by atoms with van der Waals surface area (Å²) < 4.78 is 0. The molecule has 1 fully saturated rings. The van der Waals surface area contributed by atoms with E-state index in [0.717, 1.165) is 38.9 Å². The van der Waals surface area contributed by atoms with Crippen molar-refractivity contribution in [2.75, 3.05) is 26.2 Å². The lowest BCUT2D eigenvalue weighted by atomic mass is 10.0. The van der Waals surface area contributed by atoms with Gasteiger partial charge in [-0.25, -0.2) is 0 Å². The van der Waals surface area contributed by atoms with E-state index in [0.29, 0.717) is 6.04 Å². The van der Waals surface area contributed by atoms with Crippen molar-refractivity contribution in [2.24, 2.45) is 0 Å². The largest absolute Gasteiger partial charge is 0.394 e. The average Bonchev–Trinajstić information content (AvgIpc) is 2.67. The second-order valence-corrected chi connectivity index (χ2v) is 6.66. The third kappa shape index (κ3) is 4.91. The summed E-state index contributed by atoms with van der Waals surface area (Å²) in [7, 11) is 0. The van der Waals surface area contributed by atoms with E-state index in [1.54, 1.807) is 0 Å². The summed E-state index contributed by atoms with van der Waals surface area (Å²) in [6.07, 6.45) is 3.43. The Morgan fingerprint density at radius 3 is 2.21 bits per heavy atom. The molecule has 1 unspecified atom stereocenters. The predicted molar refractivity (Wildman–Crippen MR) is 99.0 cm³/mol. The Balaban J connectivity index is 1.43. The van der Waals surface area contributed by atoms with Crippen LogP contribution in [0.4, 0.5) is 0 Å². The highest BCUT2D eigenvalue weighted by Crippen LogP contribution is 2.17. The molecule has 2 aromatic carbocycles. The molecule has 3 nitrogen and oxygen atoms in total. The minimum atomic E-state index is 0.0482. The third-order valence-corrected chi connectivity index (χ3v) is 4.97. The summed E-state index contributed by atoms with van der Waals surface area (Å²) in [5.74, 6) is 0. The van der Waals surface area contributed by atoms with Crippen LogP contribution in [0, 0.1) is 0 Å². The van der Waals surface area contributed by atoms with Crippen LogP contribution < -0.4 is 5.32 Å². The highest BCUT2D eigenvalue weighted by atomic mass is 16.3. The quantitative estimate of drug-likeness (QED) is 0.822. The Bertz CT molecular complexity index is 579. The molecule has 0 amide bonds. The van der Waals surface area contributed by atoms with Crippen LogP contribution in [-0.2, 0) is 6.42 Å². The van der Waals surface area contributed by atoms with Gasteiger partial charge in [0.15, 0.2) is 0 Å².